The topological polar surface area (TPSA) is 49.3 Å². The lowest BCUT2D eigenvalue weighted by Gasteiger charge is -2.62. The van der Waals surface area contributed by atoms with Gasteiger partial charge in [0.1, 0.15) is 0 Å². The van der Waals surface area contributed by atoms with E-state index in [2.05, 4.69) is 75.5 Å². The molecule has 2 aromatic rings. The molecular formula is C36H51NO2. The maximum Gasteiger partial charge on any atom is 0.220 e. The first-order valence-electron chi connectivity index (χ1n) is 15.8. The Balaban J connectivity index is 1.06. The van der Waals surface area contributed by atoms with Gasteiger partial charge in [-0.2, -0.15) is 0 Å². The van der Waals surface area contributed by atoms with Gasteiger partial charge < -0.3 is 10.4 Å². The summed E-state index contributed by atoms with van der Waals surface area (Å²) in [5.41, 5.74) is 4.87. The van der Waals surface area contributed by atoms with Crippen LogP contribution in [0.4, 0.5) is 0 Å². The van der Waals surface area contributed by atoms with E-state index in [1.807, 2.05) is 0 Å². The number of allylic oxidation sites excluding steroid dienone is 2. The van der Waals surface area contributed by atoms with Gasteiger partial charge in [-0.15, -0.1) is 0 Å². The quantitative estimate of drug-likeness (QED) is 0.253. The zero-order valence-electron chi connectivity index (χ0n) is 24.9. The summed E-state index contributed by atoms with van der Waals surface area (Å²) >= 11 is 0. The molecule has 1 amide bonds. The predicted octanol–water partition coefficient (Wildman–Crippen LogP) is 8.39. The number of fused-ring (bicyclic) bond motifs is 4. The maximum absolute atomic E-state index is 12.8. The lowest BCUT2D eigenvalue weighted by molar-refractivity contribution is -0.149. The molecule has 39 heavy (non-hydrogen) atoms. The third-order valence-electron chi connectivity index (χ3n) is 11.3. The summed E-state index contributed by atoms with van der Waals surface area (Å²) in [4.78, 5) is 12.8. The normalized spacial score (nSPS) is 30.1. The van der Waals surface area contributed by atoms with E-state index in [4.69, 9.17) is 0 Å². The molecule has 0 bridgehead atoms. The van der Waals surface area contributed by atoms with Crippen molar-refractivity contribution < 1.29 is 9.90 Å². The zero-order valence-corrected chi connectivity index (χ0v) is 24.9. The number of amides is 1. The van der Waals surface area contributed by atoms with Gasteiger partial charge >= 0.3 is 0 Å². The molecule has 3 nitrogen and oxygen atoms in total. The molecule has 3 heteroatoms. The Hall–Kier alpha value is -2.13. The number of hydrogen-bond donors (Lipinski definition) is 2. The molecule has 0 heterocycles. The highest BCUT2D eigenvalue weighted by atomic mass is 16.3. The summed E-state index contributed by atoms with van der Waals surface area (Å²) < 4.78 is 0. The van der Waals surface area contributed by atoms with Gasteiger partial charge in [-0.1, -0.05) is 80.8 Å². The fraction of sp³-hybridized carbons (Fsp3) is 0.639. The molecule has 3 unspecified atom stereocenters. The number of aryl methyl sites for hydroxylation is 1. The third kappa shape index (κ3) is 5.85. The number of rotatable bonds is 9. The summed E-state index contributed by atoms with van der Waals surface area (Å²) in [6, 6.07) is 15.3. The van der Waals surface area contributed by atoms with E-state index in [1.165, 1.54) is 42.0 Å². The zero-order chi connectivity index (χ0) is 27.6. The summed E-state index contributed by atoms with van der Waals surface area (Å²) in [6.07, 6.45) is 12.8. The van der Waals surface area contributed by atoms with E-state index >= 15 is 0 Å². The molecule has 0 spiro atoms. The summed E-state index contributed by atoms with van der Waals surface area (Å²) in [5.74, 6) is 2.15. The van der Waals surface area contributed by atoms with E-state index < -0.39 is 0 Å². The van der Waals surface area contributed by atoms with Crippen LogP contribution < -0.4 is 5.32 Å². The number of benzene rings is 2. The molecule has 5 atom stereocenters. The molecule has 2 N–H and O–H groups in total. The van der Waals surface area contributed by atoms with Gasteiger partial charge in [0.15, 0.2) is 0 Å². The first-order chi connectivity index (χ1) is 18.7. The minimum absolute atomic E-state index is 0.00367. The van der Waals surface area contributed by atoms with Crippen LogP contribution in [0.15, 0.2) is 53.6 Å². The second-order valence-electron chi connectivity index (χ2n) is 13.9. The van der Waals surface area contributed by atoms with Crippen molar-refractivity contribution in [2.24, 2.45) is 28.6 Å². The van der Waals surface area contributed by atoms with Gasteiger partial charge in [0.2, 0.25) is 5.91 Å². The summed E-state index contributed by atoms with van der Waals surface area (Å²) in [7, 11) is 0. The lowest BCUT2D eigenvalue weighted by atomic mass is 9.43. The van der Waals surface area contributed by atoms with E-state index in [-0.39, 0.29) is 17.4 Å². The predicted molar refractivity (Wildman–Crippen MR) is 163 cm³/mol. The van der Waals surface area contributed by atoms with Crippen LogP contribution in [0, 0.1) is 28.6 Å². The van der Waals surface area contributed by atoms with Crippen LogP contribution in [0.25, 0.3) is 10.8 Å². The van der Waals surface area contributed by atoms with Crippen LogP contribution in [0.3, 0.4) is 0 Å². The Morgan fingerprint density at radius 2 is 1.74 bits per heavy atom. The number of aliphatic hydroxyl groups is 1. The highest BCUT2D eigenvalue weighted by Crippen LogP contribution is 2.64. The van der Waals surface area contributed by atoms with Crippen molar-refractivity contribution in [3.63, 3.8) is 0 Å². The second-order valence-corrected chi connectivity index (χ2v) is 13.9. The molecule has 5 rings (SSSR count). The maximum atomic E-state index is 12.8. The van der Waals surface area contributed by atoms with E-state index in [9.17, 15) is 9.90 Å². The Labute approximate surface area is 236 Å². The fourth-order valence-electron chi connectivity index (χ4n) is 9.01. The van der Waals surface area contributed by atoms with Gasteiger partial charge in [0.25, 0.3) is 0 Å². The second kappa shape index (κ2) is 11.8. The molecule has 0 aliphatic heterocycles. The average Bonchev–Trinajstić information content (AvgIpc) is 2.92. The Kier molecular flexibility index (Phi) is 8.57. The molecule has 2 saturated carbocycles. The molecule has 2 fully saturated rings. The first-order valence-corrected chi connectivity index (χ1v) is 15.8. The van der Waals surface area contributed by atoms with Crippen molar-refractivity contribution in [2.45, 2.75) is 111 Å². The average molecular weight is 530 g/mol. The van der Waals surface area contributed by atoms with Crippen LogP contribution in [0.2, 0.25) is 0 Å². The smallest absolute Gasteiger partial charge is 0.220 e. The van der Waals surface area contributed by atoms with Gasteiger partial charge in [0.05, 0.1) is 6.10 Å². The molecule has 0 aromatic heterocycles. The van der Waals surface area contributed by atoms with Crippen molar-refractivity contribution in [3.8, 4) is 0 Å². The van der Waals surface area contributed by atoms with E-state index in [0.717, 1.165) is 51.5 Å². The molecular weight excluding hydrogens is 478 g/mol. The number of carbonyl (C=O) groups excluding carboxylic acids is 1. The van der Waals surface area contributed by atoms with Gasteiger partial charge in [0, 0.05) is 13.0 Å². The van der Waals surface area contributed by atoms with Crippen LogP contribution in [0.1, 0.15) is 104 Å². The largest absolute Gasteiger partial charge is 0.393 e. The molecule has 2 aromatic carbocycles. The highest BCUT2D eigenvalue weighted by Gasteiger charge is 2.58. The van der Waals surface area contributed by atoms with E-state index in [0.29, 0.717) is 29.6 Å². The third-order valence-corrected chi connectivity index (χ3v) is 11.3. The Morgan fingerprint density at radius 1 is 0.949 bits per heavy atom. The molecule has 0 radical (unpaired) electrons. The summed E-state index contributed by atoms with van der Waals surface area (Å²) in [6.45, 7) is 10.3. The highest BCUT2D eigenvalue weighted by molar-refractivity contribution is 5.83. The Bertz CT molecular complexity index is 1200. The standard InChI is InChI=1S/C36H51NO2/c1-25-13-18-31-30(16-19-32-35(2,3)33(38)21-22-36(31,32)4)29(25)17-20-34(39)37-23-9-5-6-10-26-14-15-27-11-7-8-12-28(27)24-26/h7-8,11-12,14-15,24,30-33,38H,5-6,9-10,13,16-23H2,1-4H3,(H,37,39)/t30?,31?,32?,33-,36+/m0/s1. The van der Waals surface area contributed by atoms with Gasteiger partial charge in [-0.25, -0.2) is 0 Å². The first kappa shape index (κ1) is 28.4. The van der Waals surface area contributed by atoms with Crippen LogP contribution in [-0.4, -0.2) is 23.7 Å². The molecule has 3 aliphatic carbocycles. The van der Waals surface area contributed by atoms with Crippen molar-refractivity contribution in [2.75, 3.05) is 6.54 Å². The lowest BCUT2D eigenvalue weighted by Crippen LogP contribution is -2.56. The van der Waals surface area contributed by atoms with Crippen molar-refractivity contribution in [1.29, 1.82) is 0 Å². The van der Waals surface area contributed by atoms with Gasteiger partial charge in [-0.3, -0.25) is 4.79 Å². The van der Waals surface area contributed by atoms with Crippen LogP contribution >= 0.6 is 0 Å². The number of hydrogen-bond acceptors (Lipinski definition) is 2. The number of aliphatic hydroxyl groups excluding tert-OH is 1. The number of carbonyl (C=O) groups is 1. The molecule has 212 valence electrons. The van der Waals surface area contributed by atoms with Crippen molar-refractivity contribution in [1.82, 2.24) is 5.32 Å². The minimum atomic E-state index is -0.171. The van der Waals surface area contributed by atoms with Gasteiger partial charge in [-0.05, 0) is 116 Å². The minimum Gasteiger partial charge on any atom is -0.393 e. The Morgan fingerprint density at radius 3 is 2.56 bits per heavy atom. The van der Waals surface area contributed by atoms with Crippen molar-refractivity contribution >= 4 is 16.7 Å². The van der Waals surface area contributed by atoms with E-state index in [1.54, 1.807) is 11.1 Å². The molecule has 0 saturated heterocycles. The molecule has 3 aliphatic rings. The summed E-state index contributed by atoms with van der Waals surface area (Å²) in [5, 5.41) is 16.6. The number of nitrogens with one attached hydrogen (secondary N) is 1. The van der Waals surface area contributed by atoms with Crippen LogP contribution in [0.5, 0.6) is 0 Å². The van der Waals surface area contributed by atoms with Crippen LogP contribution in [-0.2, 0) is 11.2 Å². The SMILES string of the molecule is CC1=C(CCC(=O)NCCCCCc2ccc3ccccc3c2)C2CCC3C(C)(C)[C@@H](O)CC[C@]3(C)C2CC1. The number of unbranched alkanes of at least 4 members (excludes halogenated alkanes) is 2. The van der Waals surface area contributed by atoms with Crippen molar-refractivity contribution in [3.05, 3.63) is 59.2 Å². The fourth-order valence-corrected chi connectivity index (χ4v) is 9.01. The monoisotopic (exact) mass is 529 g/mol.